The Labute approximate surface area is 153 Å². The second-order valence-corrected chi connectivity index (χ2v) is 5.96. The van der Waals surface area contributed by atoms with Gasteiger partial charge in [0.2, 0.25) is 0 Å². The molecule has 0 fully saturated rings. The molecule has 0 aliphatic carbocycles. The van der Waals surface area contributed by atoms with Gasteiger partial charge in [0.15, 0.2) is 0 Å². The van der Waals surface area contributed by atoms with Crippen molar-refractivity contribution in [3.63, 3.8) is 0 Å². The molecule has 0 spiro atoms. The molecule has 1 N–H and O–H groups in total. The van der Waals surface area contributed by atoms with E-state index in [4.69, 9.17) is 16.3 Å². The molecule has 3 aromatic carbocycles. The second-order valence-electron chi connectivity index (χ2n) is 5.53. The highest BCUT2D eigenvalue weighted by Gasteiger charge is 2.13. The molecule has 0 saturated heterocycles. The summed E-state index contributed by atoms with van der Waals surface area (Å²) in [6.07, 6.45) is 0. The summed E-state index contributed by atoms with van der Waals surface area (Å²) in [4.78, 5) is 13.5. The quantitative estimate of drug-likeness (QED) is 0.438. The number of aromatic nitrogens is 3. The zero-order valence-corrected chi connectivity index (χ0v) is 14.1. The molecular formula is C19H12ClN3O3. The van der Waals surface area contributed by atoms with Crippen LogP contribution in [0, 0.1) is 0 Å². The number of ether oxygens (including phenoxy) is 1. The van der Waals surface area contributed by atoms with Crippen molar-refractivity contribution in [2.45, 2.75) is 0 Å². The first kappa shape index (κ1) is 16.1. The Morgan fingerprint density at radius 2 is 1.62 bits per heavy atom. The second kappa shape index (κ2) is 6.50. The van der Waals surface area contributed by atoms with Gasteiger partial charge in [-0.3, -0.25) is 0 Å². The van der Waals surface area contributed by atoms with Crippen LogP contribution in [0.5, 0.6) is 11.5 Å². The van der Waals surface area contributed by atoms with Gasteiger partial charge in [-0.2, -0.15) is 0 Å². The first-order valence-electron chi connectivity index (χ1n) is 7.73. The van der Waals surface area contributed by atoms with Crippen molar-refractivity contribution in [2.75, 3.05) is 0 Å². The maximum Gasteiger partial charge on any atom is 0.343 e. The number of esters is 1. The average Bonchev–Trinajstić information content (AvgIpc) is 3.06. The molecule has 4 aromatic rings. The number of benzene rings is 3. The Kier molecular flexibility index (Phi) is 4.02. The summed E-state index contributed by atoms with van der Waals surface area (Å²) in [6, 6.07) is 18.2. The van der Waals surface area contributed by atoms with Crippen molar-refractivity contribution in [3.05, 3.63) is 77.3 Å². The zero-order chi connectivity index (χ0) is 18.1. The van der Waals surface area contributed by atoms with E-state index in [1.54, 1.807) is 36.4 Å². The molecule has 0 atom stereocenters. The molecule has 1 heterocycles. The number of nitrogens with zero attached hydrogens (tertiary/aromatic N) is 3. The van der Waals surface area contributed by atoms with E-state index >= 15 is 0 Å². The standard InChI is InChI=1S/C19H12ClN3O3/c20-13-7-5-12(6-8-13)19(25)26-14-9-10-17(18(24)11-14)23-21-15-3-1-2-4-16(15)22-23/h1-11,24H. The van der Waals surface area contributed by atoms with Gasteiger partial charge in [-0.1, -0.05) is 23.7 Å². The number of carbonyl (C=O) groups excluding carboxylic acids is 1. The summed E-state index contributed by atoms with van der Waals surface area (Å²) in [5, 5.41) is 19.4. The van der Waals surface area contributed by atoms with Crippen LogP contribution in [0.4, 0.5) is 0 Å². The minimum Gasteiger partial charge on any atom is -0.505 e. The highest BCUT2D eigenvalue weighted by Crippen LogP contribution is 2.27. The highest BCUT2D eigenvalue weighted by atomic mass is 35.5. The Morgan fingerprint density at radius 3 is 2.23 bits per heavy atom. The molecule has 1 aromatic heterocycles. The molecule has 0 aliphatic heterocycles. The summed E-state index contributed by atoms with van der Waals surface area (Å²) in [6.45, 7) is 0. The number of carbonyl (C=O) groups is 1. The van der Waals surface area contributed by atoms with E-state index < -0.39 is 5.97 Å². The van der Waals surface area contributed by atoms with E-state index in [1.165, 1.54) is 10.9 Å². The van der Waals surface area contributed by atoms with Gasteiger partial charge in [0.1, 0.15) is 28.2 Å². The van der Waals surface area contributed by atoms with Crippen molar-refractivity contribution in [2.24, 2.45) is 0 Å². The largest absolute Gasteiger partial charge is 0.505 e. The van der Waals surface area contributed by atoms with Crippen molar-refractivity contribution in [1.29, 1.82) is 0 Å². The minimum absolute atomic E-state index is 0.105. The molecule has 128 valence electrons. The van der Waals surface area contributed by atoms with E-state index in [0.29, 0.717) is 27.3 Å². The van der Waals surface area contributed by atoms with Crippen LogP contribution in [0.2, 0.25) is 5.02 Å². The Balaban J connectivity index is 1.59. The minimum atomic E-state index is -0.545. The molecule has 0 amide bonds. The first-order valence-corrected chi connectivity index (χ1v) is 8.11. The Bertz CT molecular complexity index is 1070. The number of phenolic OH excluding ortho intramolecular Hbond substituents is 1. The molecule has 0 aliphatic rings. The number of rotatable bonds is 3. The van der Waals surface area contributed by atoms with Gasteiger partial charge < -0.3 is 9.84 Å². The molecule has 0 unspecified atom stereocenters. The molecular weight excluding hydrogens is 354 g/mol. The summed E-state index contributed by atoms with van der Waals surface area (Å²) in [5.74, 6) is -0.439. The van der Waals surface area contributed by atoms with Crippen molar-refractivity contribution < 1.29 is 14.6 Å². The molecule has 26 heavy (non-hydrogen) atoms. The first-order chi connectivity index (χ1) is 12.6. The van der Waals surface area contributed by atoms with Gasteiger partial charge in [-0.15, -0.1) is 15.0 Å². The van der Waals surface area contributed by atoms with Crippen LogP contribution in [-0.4, -0.2) is 26.1 Å². The number of hydrogen-bond donors (Lipinski definition) is 1. The maximum atomic E-state index is 12.1. The average molecular weight is 366 g/mol. The number of halogens is 1. The lowest BCUT2D eigenvalue weighted by Crippen LogP contribution is -2.08. The maximum absolute atomic E-state index is 12.1. The predicted molar refractivity (Wildman–Crippen MR) is 96.9 cm³/mol. The fraction of sp³-hybridized carbons (Fsp3) is 0. The van der Waals surface area contributed by atoms with Gasteiger partial charge in [0, 0.05) is 11.1 Å². The van der Waals surface area contributed by atoms with E-state index in [9.17, 15) is 9.90 Å². The van der Waals surface area contributed by atoms with Crippen molar-refractivity contribution in [1.82, 2.24) is 15.0 Å². The zero-order valence-electron chi connectivity index (χ0n) is 13.3. The molecule has 0 saturated carbocycles. The molecule has 0 bridgehead atoms. The van der Waals surface area contributed by atoms with Crippen LogP contribution in [0.1, 0.15) is 10.4 Å². The number of aromatic hydroxyl groups is 1. The van der Waals surface area contributed by atoms with Crippen molar-refractivity contribution in [3.8, 4) is 17.2 Å². The molecule has 0 radical (unpaired) electrons. The summed E-state index contributed by atoms with van der Waals surface area (Å²) in [5.41, 5.74) is 2.17. The number of hydrogen-bond acceptors (Lipinski definition) is 5. The van der Waals surface area contributed by atoms with E-state index in [0.717, 1.165) is 0 Å². The van der Waals surface area contributed by atoms with Crippen LogP contribution in [0.15, 0.2) is 66.7 Å². The lowest BCUT2D eigenvalue weighted by molar-refractivity contribution is 0.0734. The molecule has 4 rings (SSSR count). The van der Waals surface area contributed by atoms with E-state index in [1.807, 2.05) is 24.3 Å². The Morgan fingerprint density at radius 1 is 0.962 bits per heavy atom. The third-order valence-electron chi connectivity index (χ3n) is 3.74. The van der Waals surface area contributed by atoms with Crippen LogP contribution in [-0.2, 0) is 0 Å². The van der Waals surface area contributed by atoms with Gasteiger partial charge in [-0.25, -0.2) is 4.79 Å². The topological polar surface area (TPSA) is 77.2 Å². The SMILES string of the molecule is O=C(Oc1ccc(-n2nc3ccccc3n2)c(O)c1)c1ccc(Cl)cc1. The number of phenols is 1. The summed E-state index contributed by atoms with van der Waals surface area (Å²) in [7, 11) is 0. The van der Waals surface area contributed by atoms with Gasteiger partial charge >= 0.3 is 5.97 Å². The fourth-order valence-corrected chi connectivity index (χ4v) is 2.58. The van der Waals surface area contributed by atoms with Crippen LogP contribution >= 0.6 is 11.6 Å². The summed E-state index contributed by atoms with van der Waals surface area (Å²) < 4.78 is 5.28. The van der Waals surface area contributed by atoms with Gasteiger partial charge in [0.05, 0.1) is 5.56 Å². The lowest BCUT2D eigenvalue weighted by Gasteiger charge is -2.07. The van der Waals surface area contributed by atoms with Gasteiger partial charge in [0.25, 0.3) is 0 Å². The molecule has 6 nitrogen and oxygen atoms in total. The molecule has 7 heteroatoms. The highest BCUT2D eigenvalue weighted by molar-refractivity contribution is 6.30. The van der Waals surface area contributed by atoms with Crippen LogP contribution in [0.3, 0.4) is 0 Å². The summed E-state index contributed by atoms with van der Waals surface area (Å²) >= 11 is 5.80. The monoisotopic (exact) mass is 365 g/mol. The smallest absolute Gasteiger partial charge is 0.343 e. The third-order valence-corrected chi connectivity index (χ3v) is 3.99. The van der Waals surface area contributed by atoms with Crippen LogP contribution < -0.4 is 4.74 Å². The predicted octanol–water partition coefficient (Wildman–Crippen LogP) is 4.00. The van der Waals surface area contributed by atoms with E-state index in [-0.39, 0.29) is 11.5 Å². The third kappa shape index (κ3) is 3.10. The fourth-order valence-electron chi connectivity index (χ4n) is 2.46. The van der Waals surface area contributed by atoms with Crippen LogP contribution in [0.25, 0.3) is 16.7 Å². The van der Waals surface area contributed by atoms with Crippen molar-refractivity contribution >= 4 is 28.6 Å². The normalized spacial score (nSPS) is 10.8. The number of fused-ring (bicyclic) bond motifs is 1. The van der Waals surface area contributed by atoms with E-state index in [2.05, 4.69) is 10.2 Å². The lowest BCUT2D eigenvalue weighted by atomic mass is 10.2. The Hall–Kier alpha value is -3.38. The van der Waals surface area contributed by atoms with Gasteiger partial charge in [-0.05, 0) is 48.5 Å².